The highest BCUT2D eigenvalue weighted by Gasteiger charge is 2.31. The third kappa shape index (κ3) is 3.57. The summed E-state index contributed by atoms with van der Waals surface area (Å²) in [6.45, 7) is 3.42. The maximum Gasteiger partial charge on any atom is 0.280 e. The molecule has 0 saturated carbocycles. The lowest BCUT2D eigenvalue weighted by molar-refractivity contribution is 0.246. The lowest BCUT2D eigenvalue weighted by Gasteiger charge is -2.34. The number of rotatable bonds is 6. The Morgan fingerprint density at radius 3 is 2.95 bits per heavy atom. The third-order valence-electron chi connectivity index (χ3n) is 3.70. The number of aromatic nitrogens is 2. The summed E-state index contributed by atoms with van der Waals surface area (Å²) in [5, 5.41) is 9.77. The molecule has 1 aliphatic rings. The first-order valence-electron chi connectivity index (χ1n) is 6.94. The molecule has 0 amide bonds. The number of likely N-dealkylation sites (N-methyl/N-ethyl adjacent to an activating group) is 1. The molecule has 1 aromatic heterocycles. The van der Waals surface area contributed by atoms with Crippen LogP contribution in [0.5, 0.6) is 0 Å². The first-order chi connectivity index (χ1) is 9.54. The van der Waals surface area contributed by atoms with Gasteiger partial charge in [-0.05, 0) is 26.8 Å². The van der Waals surface area contributed by atoms with Crippen LogP contribution >= 0.6 is 0 Å². The molecule has 3 N–H and O–H groups in total. The van der Waals surface area contributed by atoms with Crippen molar-refractivity contribution in [3.05, 3.63) is 17.5 Å². The Kier molecular flexibility index (Phi) is 5.14. The average Bonchev–Trinajstić information content (AvgIpc) is 2.83. The standard InChI is InChI=1S/C12H23N5O2S/c1-10-11(7-14-16-10)8-15-20(18,19)17-6-4-3-5-12(17)9-13-2/h7,12-13,15H,3-6,8-9H2,1-2H3,(H,14,16). The van der Waals surface area contributed by atoms with Gasteiger partial charge in [0.2, 0.25) is 0 Å². The van der Waals surface area contributed by atoms with Gasteiger partial charge in [0, 0.05) is 36.9 Å². The Labute approximate surface area is 120 Å². The molecule has 0 aliphatic carbocycles. The largest absolute Gasteiger partial charge is 0.318 e. The van der Waals surface area contributed by atoms with Crippen LogP contribution in [0, 0.1) is 6.92 Å². The number of aryl methyl sites for hydroxylation is 1. The van der Waals surface area contributed by atoms with Crippen LogP contribution in [0.15, 0.2) is 6.20 Å². The zero-order valence-electron chi connectivity index (χ0n) is 12.0. The monoisotopic (exact) mass is 301 g/mol. The van der Waals surface area contributed by atoms with Crippen molar-refractivity contribution in [2.75, 3.05) is 20.1 Å². The van der Waals surface area contributed by atoms with Crippen molar-refractivity contribution in [2.45, 2.75) is 38.8 Å². The van der Waals surface area contributed by atoms with Gasteiger partial charge in [0.1, 0.15) is 0 Å². The predicted octanol–water partition coefficient (Wildman–Crippen LogP) is 0.126. The summed E-state index contributed by atoms with van der Waals surface area (Å²) in [5.41, 5.74) is 1.76. The van der Waals surface area contributed by atoms with Crippen LogP contribution in [0.25, 0.3) is 0 Å². The van der Waals surface area contributed by atoms with E-state index >= 15 is 0 Å². The van der Waals surface area contributed by atoms with Crippen molar-refractivity contribution < 1.29 is 8.42 Å². The van der Waals surface area contributed by atoms with Crippen molar-refractivity contribution in [3.8, 4) is 0 Å². The van der Waals surface area contributed by atoms with E-state index in [1.54, 1.807) is 10.5 Å². The Morgan fingerprint density at radius 2 is 2.30 bits per heavy atom. The predicted molar refractivity (Wildman–Crippen MR) is 77.4 cm³/mol. The van der Waals surface area contributed by atoms with Crippen molar-refractivity contribution in [1.82, 2.24) is 24.5 Å². The molecular formula is C12H23N5O2S. The van der Waals surface area contributed by atoms with Crippen LogP contribution < -0.4 is 10.0 Å². The molecule has 1 aliphatic heterocycles. The van der Waals surface area contributed by atoms with E-state index in [9.17, 15) is 8.42 Å². The molecule has 114 valence electrons. The van der Waals surface area contributed by atoms with Gasteiger partial charge in [-0.15, -0.1) is 0 Å². The van der Waals surface area contributed by atoms with Gasteiger partial charge in [0.25, 0.3) is 10.2 Å². The van der Waals surface area contributed by atoms with Crippen LogP contribution in [0.1, 0.15) is 30.5 Å². The number of aromatic amines is 1. The van der Waals surface area contributed by atoms with E-state index in [0.29, 0.717) is 13.1 Å². The molecule has 2 heterocycles. The van der Waals surface area contributed by atoms with Crippen molar-refractivity contribution >= 4 is 10.2 Å². The summed E-state index contributed by atoms with van der Waals surface area (Å²) >= 11 is 0. The van der Waals surface area contributed by atoms with E-state index in [-0.39, 0.29) is 12.6 Å². The zero-order chi connectivity index (χ0) is 14.6. The highest BCUT2D eigenvalue weighted by atomic mass is 32.2. The van der Waals surface area contributed by atoms with E-state index in [1.165, 1.54) is 0 Å². The summed E-state index contributed by atoms with van der Waals surface area (Å²) in [6, 6.07) is 0.0386. The fourth-order valence-electron chi connectivity index (χ4n) is 2.54. The molecule has 20 heavy (non-hydrogen) atoms. The molecule has 1 atom stereocenters. The first-order valence-corrected chi connectivity index (χ1v) is 8.38. The van der Waals surface area contributed by atoms with E-state index in [1.807, 2.05) is 14.0 Å². The quantitative estimate of drug-likeness (QED) is 0.696. The lowest BCUT2D eigenvalue weighted by atomic mass is 10.1. The number of H-pyrrole nitrogens is 1. The molecule has 7 nitrogen and oxygen atoms in total. The Bertz CT molecular complexity index is 526. The topological polar surface area (TPSA) is 90.1 Å². The van der Waals surface area contributed by atoms with E-state index in [4.69, 9.17) is 0 Å². The molecule has 1 aromatic rings. The number of nitrogens with one attached hydrogen (secondary N) is 3. The summed E-state index contributed by atoms with van der Waals surface area (Å²) < 4.78 is 29.1. The van der Waals surface area contributed by atoms with E-state index in [2.05, 4.69) is 20.2 Å². The van der Waals surface area contributed by atoms with Crippen molar-refractivity contribution in [1.29, 1.82) is 0 Å². The van der Waals surface area contributed by atoms with Gasteiger partial charge in [-0.3, -0.25) is 5.10 Å². The Balaban J connectivity index is 2.02. The minimum atomic E-state index is -3.45. The number of hydrogen-bond donors (Lipinski definition) is 3. The molecule has 0 spiro atoms. The van der Waals surface area contributed by atoms with Crippen LogP contribution in [-0.2, 0) is 16.8 Å². The number of piperidine rings is 1. The summed E-state index contributed by atoms with van der Waals surface area (Å²) in [6.07, 6.45) is 4.57. The molecule has 0 radical (unpaired) electrons. The van der Waals surface area contributed by atoms with Crippen molar-refractivity contribution in [2.24, 2.45) is 0 Å². The molecular weight excluding hydrogens is 278 g/mol. The van der Waals surface area contributed by atoms with Crippen molar-refractivity contribution in [3.63, 3.8) is 0 Å². The Morgan fingerprint density at radius 1 is 1.50 bits per heavy atom. The van der Waals surface area contributed by atoms with Gasteiger partial charge in [0.15, 0.2) is 0 Å². The highest BCUT2D eigenvalue weighted by molar-refractivity contribution is 7.87. The Hall–Kier alpha value is -0.960. The fraction of sp³-hybridized carbons (Fsp3) is 0.750. The smallest absolute Gasteiger partial charge is 0.280 e. The second-order valence-corrected chi connectivity index (χ2v) is 6.87. The maximum atomic E-state index is 12.4. The van der Waals surface area contributed by atoms with Crippen LogP contribution in [0.2, 0.25) is 0 Å². The molecule has 0 aromatic carbocycles. The summed E-state index contributed by atoms with van der Waals surface area (Å²) in [4.78, 5) is 0. The van der Waals surface area contributed by atoms with Gasteiger partial charge in [0.05, 0.1) is 6.20 Å². The molecule has 1 saturated heterocycles. The SMILES string of the molecule is CNCC1CCCCN1S(=O)(=O)NCc1cn[nH]c1C. The van der Waals surface area contributed by atoms with Crippen LogP contribution in [0.4, 0.5) is 0 Å². The van der Waals surface area contributed by atoms with Crippen LogP contribution in [0.3, 0.4) is 0 Å². The lowest BCUT2D eigenvalue weighted by Crippen LogP contribution is -2.51. The summed E-state index contributed by atoms with van der Waals surface area (Å²) in [5.74, 6) is 0. The van der Waals surface area contributed by atoms with Gasteiger partial charge >= 0.3 is 0 Å². The molecule has 2 rings (SSSR count). The van der Waals surface area contributed by atoms with Crippen LogP contribution in [-0.4, -0.2) is 49.1 Å². The second-order valence-electron chi connectivity index (χ2n) is 5.16. The fourth-order valence-corrected chi connectivity index (χ4v) is 3.98. The minimum Gasteiger partial charge on any atom is -0.318 e. The molecule has 1 unspecified atom stereocenters. The third-order valence-corrected chi connectivity index (χ3v) is 5.31. The van der Waals surface area contributed by atoms with Gasteiger partial charge in [-0.1, -0.05) is 6.42 Å². The van der Waals surface area contributed by atoms with Gasteiger partial charge in [-0.2, -0.15) is 22.5 Å². The normalized spacial score (nSPS) is 21.2. The first kappa shape index (κ1) is 15.4. The molecule has 0 bridgehead atoms. The minimum absolute atomic E-state index is 0.0386. The van der Waals surface area contributed by atoms with Gasteiger partial charge < -0.3 is 5.32 Å². The molecule has 1 fully saturated rings. The maximum absolute atomic E-state index is 12.4. The molecule has 8 heteroatoms. The zero-order valence-corrected chi connectivity index (χ0v) is 12.8. The number of nitrogens with zero attached hydrogens (tertiary/aromatic N) is 2. The average molecular weight is 301 g/mol. The van der Waals surface area contributed by atoms with E-state index < -0.39 is 10.2 Å². The summed E-state index contributed by atoms with van der Waals surface area (Å²) in [7, 11) is -1.60. The highest BCUT2D eigenvalue weighted by Crippen LogP contribution is 2.19. The second kappa shape index (κ2) is 6.66. The number of hydrogen-bond acceptors (Lipinski definition) is 4. The van der Waals surface area contributed by atoms with E-state index in [0.717, 1.165) is 30.5 Å². The van der Waals surface area contributed by atoms with Gasteiger partial charge in [-0.25, -0.2) is 0 Å².